The van der Waals surface area contributed by atoms with Crippen LogP contribution < -0.4 is 4.89 Å². The summed E-state index contributed by atoms with van der Waals surface area (Å²) in [7, 11) is 1.15. The summed E-state index contributed by atoms with van der Waals surface area (Å²) >= 11 is 0. The van der Waals surface area contributed by atoms with Gasteiger partial charge in [0.2, 0.25) is 0 Å². The van der Waals surface area contributed by atoms with Crippen LogP contribution in [0.4, 0.5) is 0 Å². The predicted octanol–water partition coefficient (Wildman–Crippen LogP) is 14.1. The molecule has 10 heteroatoms. The molecule has 362 valence electrons. The summed E-state index contributed by atoms with van der Waals surface area (Å²) in [4.78, 5) is 37.6. The number of esters is 2. The monoisotopic (exact) mass is 902 g/mol. The lowest BCUT2D eigenvalue weighted by Crippen LogP contribution is -2.37. The Kier molecular flexibility index (Phi) is 42.4. The number of hydrogen-bond donors (Lipinski definition) is 0. The number of likely N-dealkylation sites (N-methyl/N-ethyl adjacent to an activating group) is 1. The maximum atomic E-state index is 12.7. The minimum absolute atomic E-state index is 0.0364. The topological polar surface area (TPSA) is 111 Å². The smallest absolute Gasteiger partial charge is 0.306 e. The molecule has 63 heavy (non-hydrogen) atoms. The molecule has 0 saturated heterocycles. The van der Waals surface area contributed by atoms with E-state index in [4.69, 9.17) is 18.5 Å². The molecule has 0 aromatic carbocycles. The first kappa shape index (κ1) is 60.2. The van der Waals surface area contributed by atoms with Crippen molar-refractivity contribution in [2.24, 2.45) is 0 Å². The Hall–Kier alpha value is -2.81. The highest BCUT2D eigenvalue weighted by molar-refractivity contribution is 7.45. The van der Waals surface area contributed by atoms with Crippen molar-refractivity contribution >= 4 is 19.8 Å². The maximum absolute atomic E-state index is 12.7. The van der Waals surface area contributed by atoms with Crippen molar-refractivity contribution < 1.29 is 42.1 Å². The van der Waals surface area contributed by atoms with E-state index in [2.05, 4.69) is 98.9 Å². The Balaban J connectivity index is 4.22. The number of quaternary nitrogens is 1. The van der Waals surface area contributed by atoms with E-state index in [0.29, 0.717) is 17.4 Å². The van der Waals surface area contributed by atoms with Crippen molar-refractivity contribution in [1.29, 1.82) is 0 Å². The third-order valence-corrected chi connectivity index (χ3v) is 11.1. The lowest BCUT2D eigenvalue weighted by Gasteiger charge is -2.28. The molecule has 2 unspecified atom stereocenters. The maximum Gasteiger partial charge on any atom is 0.306 e. The van der Waals surface area contributed by atoms with Gasteiger partial charge in [0.05, 0.1) is 27.7 Å². The molecule has 0 spiro atoms. The van der Waals surface area contributed by atoms with E-state index in [1.165, 1.54) is 64.2 Å². The number of ether oxygens (including phenoxy) is 2. The molecule has 9 nitrogen and oxygen atoms in total. The Labute approximate surface area is 386 Å². The van der Waals surface area contributed by atoms with Gasteiger partial charge in [-0.2, -0.15) is 0 Å². The van der Waals surface area contributed by atoms with Gasteiger partial charge in [-0.15, -0.1) is 0 Å². The predicted molar refractivity (Wildman–Crippen MR) is 263 cm³/mol. The molecule has 0 aromatic rings. The van der Waals surface area contributed by atoms with Crippen molar-refractivity contribution in [2.45, 2.75) is 193 Å². The summed E-state index contributed by atoms with van der Waals surface area (Å²) in [5.41, 5.74) is 0. The summed E-state index contributed by atoms with van der Waals surface area (Å²) in [6.45, 7) is 4.07. The van der Waals surface area contributed by atoms with Gasteiger partial charge < -0.3 is 27.9 Å². The normalized spacial score (nSPS) is 14.2. The Morgan fingerprint density at radius 2 is 0.905 bits per heavy atom. The summed E-state index contributed by atoms with van der Waals surface area (Å²) in [6, 6.07) is 0. The molecule has 0 radical (unpaired) electrons. The quantitative estimate of drug-likeness (QED) is 0.0195. The van der Waals surface area contributed by atoms with Crippen molar-refractivity contribution in [3.63, 3.8) is 0 Å². The number of allylic oxidation sites excluding steroid dienone is 14. The third-order valence-electron chi connectivity index (χ3n) is 10.2. The minimum atomic E-state index is -4.63. The number of rotatable bonds is 44. The molecule has 0 saturated carbocycles. The Morgan fingerprint density at radius 1 is 0.508 bits per heavy atom. The fraction of sp³-hybridized carbons (Fsp3) is 0.698. The van der Waals surface area contributed by atoms with Gasteiger partial charge in [0.15, 0.2) is 6.10 Å². The van der Waals surface area contributed by atoms with E-state index in [0.717, 1.165) is 89.9 Å². The van der Waals surface area contributed by atoms with E-state index in [-0.39, 0.29) is 26.1 Å². The molecule has 0 heterocycles. The van der Waals surface area contributed by atoms with Crippen molar-refractivity contribution in [3.05, 3.63) is 85.1 Å². The van der Waals surface area contributed by atoms with Crippen LogP contribution in [0.15, 0.2) is 85.1 Å². The van der Waals surface area contributed by atoms with Crippen LogP contribution in [-0.4, -0.2) is 70.0 Å². The van der Waals surface area contributed by atoms with E-state index in [1.807, 2.05) is 21.1 Å². The molecule has 0 bridgehead atoms. The summed E-state index contributed by atoms with van der Waals surface area (Å²) < 4.78 is 33.9. The number of unbranched alkanes of at least 4 members (excludes halogenated alkanes) is 16. The molecule has 0 aliphatic heterocycles. The number of phosphoric acid groups is 1. The zero-order valence-corrected chi connectivity index (χ0v) is 41.6. The molecule has 0 N–H and O–H groups in total. The van der Waals surface area contributed by atoms with Crippen molar-refractivity contribution in [3.8, 4) is 0 Å². The SMILES string of the molecule is CC/C=C\C/C=C\C/C=C\C/C=C\C/C=C\C/C=C\C/C=C\CCCCCCCCCC(=O)OC(COC(=O)CCCCCCCCCCCC)COP(=O)([O-])OCC[N+](C)(C)C. The van der Waals surface area contributed by atoms with Crippen LogP contribution in [0.2, 0.25) is 0 Å². The first-order chi connectivity index (χ1) is 30.5. The molecule has 0 rings (SSSR count). The first-order valence-electron chi connectivity index (χ1n) is 24.8. The van der Waals surface area contributed by atoms with Crippen LogP contribution in [-0.2, 0) is 32.7 Å². The van der Waals surface area contributed by atoms with Gasteiger partial charge in [-0.1, -0.05) is 189 Å². The third kappa shape index (κ3) is 48.5. The van der Waals surface area contributed by atoms with Gasteiger partial charge in [0.1, 0.15) is 19.8 Å². The molecule has 0 fully saturated rings. The fourth-order valence-corrected chi connectivity index (χ4v) is 7.07. The molecule has 0 aliphatic rings. The van der Waals surface area contributed by atoms with Crippen LogP contribution >= 0.6 is 7.82 Å². The molecule has 0 aromatic heterocycles. The second-order valence-electron chi connectivity index (χ2n) is 17.5. The minimum Gasteiger partial charge on any atom is -0.756 e. The number of phosphoric ester groups is 1. The lowest BCUT2D eigenvalue weighted by atomic mass is 10.1. The Morgan fingerprint density at radius 3 is 1.35 bits per heavy atom. The second-order valence-corrected chi connectivity index (χ2v) is 18.9. The Bertz CT molecular complexity index is 1340. The fourth-order valence-electron chi connectivity index (χ4n) is 6.34. The zero-order chi connectivity index (χ0) is 46.4. The molecular formula is C53H92NO8P. The van der Waals surface area contributed by atoms with Crippen LogP contribution in [0, 0.1) is 0 Å². The van der Waals surface area contributed by atoms with Gasteiger partial charge in [0.25, 0.3) is 7.82 Å². The van der Waals surface area contributed by atoms with Crippen molar-refractivity contribution in [1.82, 2.24) is 0 Å². The van der Waals surface area contributed by atoms with Crippen LogP contribution in [0.25, 0.3) is 0 Å². The van der Waals surface area contributed by atoms with E-state index < -0.39 is 32.5 Å². The van der Waals surface area contributed by atoms with Gasteiger partial charge in [-0.25, -0.2) is 0 Å². The van der Waals surface area contributed by atoms with Gasteiger partial charge in [0, 0.05) is 12.8 Å². The van der Waals surface area contributed by atoms with E-state index in [9.17, 15) is 19.0 Å². The number of carbonyl (C=O) groups excluding carboxylic acids is 2. The van der Waals surface area contributed by atoms with E-state index in [1.54, 1.807) is 0 Å². The highest BCUT2D eigenvalue weighted by Crippen LogP contribution is 2.38. The summed E-state index contributed by atoms with van der Waals surface area (Å²) in [5.74, 6) is -0.853. The van der Waals surface area contributed by atoms with Gasteiger partial charge in [-0.05, 0) is 70.6 Å². The van der Waals surface area contributed by atoms with Gasteiger partial charge >= 0.3 is 11.9 Å². The number of carbonyl (C=O) groups is 2. The largest absolute Gasteiger partial charge is 0.756 e. The van der Waals surface area contributed by atoms with Gasteiger partial charge in [-0.3, -0.25) is 14.2 Å². The second kappa shape index (κ2) is 44.4. The molecule has 0 amide bonds. The summed E-state index contributed by atoms with van der Waals surface area (Å²) in [5, 5.41) is 0. The zero-order valence-electron chi connectivity index (χ0n) is 40.7. The summed E-state index contributed by atoms with van der Waals surface area (Å²) in [6.07, 6.45) is 57.6. The average molecular weight is 902 g/mol. The average Bonchev–Trinajstić information content (AvgIpc) is 3.24. The molecule has 0 aliphatic carbocycles. The standard InChI is InChI=1S/C53H92NO8P/c1-6-8-10-12-14-16-18-19-20-21-22-23-24-25-26-27-28-29-30-31-32-33-34-35-36-38-40-42-44-46-53(56)62-51(50-61-63(57,58)60-48-47-54(3,4)5)49-59-52(55)45-43-41-39-37-17-15-13-11-9-7-2/h8,10,14,16,19-20,22-23,25-26,28-29,31-32,51H,6-7,9,11-13,15,17-18,21,24,27,30,33-50H2,1-5H3/b10-8-,16-14-,20-19-,23-22-,26-25-,29-28-,32-31-. The van der Waals surface area contributed by atoms with Crippen LogP contribution in [0.1, 0.15) is 187 Å². The highest BCUT2D eigenvalue weighted by Gasteiger charge is 2.21. The van der Waals surface area contributed by atoms with Crippen molar-refractivity contribution in [2.75, 3.05) is 47.5 Å². The van der Waals surface area contributed by atoms with E-state index >= 15 is 0 Å². The molecular weight excluding hydrogens is 810 g/mol. The molecule has 2 atom stereocenters. The van der Waals surface area contributed by atoms with Crippen LogP contribution in [0.3, 0.4) is 0 Å². The first-order valence-corrected chi connectivity index (χ1v) is 26.3. The highest BCUT2D eigenvalue weighted by atomic mass is 31.2. The lowest BCUT2D eigenvalue weighted by molar-refractivity contribution is -0.870. The number of hydrogen-bond acceptors (Lipinski definition) is 8. The van der Waals surface area contributed by atoms with Crippen LogP contribution in [0.5, 0.6) is 0 Å². The number of nitrogens with zero attached hydrogens (tertiary/aromatic N) is 1.